The molecule has 6 heteroatoms. The van der Waals surface area contributed by atoms with E-state index in [-0.39, 0.29) is 5.91 Å². The van der Waals surface area contributed by atoms with Crippen LogP contribution in [-0.2, 0) is 11.2 Å². The smallest absolute Gasteiger partial charge is 0.243 e. The van der Waals surface area contributed by atoms with Gasteiger partial charge in [0.25, 0.3) is 0 Å². The Kier molecular flexibility index (Phi) is 6.09. The van der Waals surface area contributed by atoms with E-state index in [4.69, 9.17) is 9.73 Å². The SMILES string of the molecule is Cc1ccc(-c2noc(CCCCCCC(=O)NO)n2)cc1. The van der Waals surface area contributed by atoms with Crippen molar-refractivity contribution in [2.75, 3.05) is 0 Å². The predicted octanol–water partition coefficient (Wildman–Crippen LogP) is 3.04. The van der Waals surface area contributed by atoms with Crippen molar-refractivity contribution in [1.82, 2.24) is 15.6 Å². The van der Waals surface area contributed by atoms with Crippen LogP contribution in [0.25, 0.3) is 11.4 Å². The summed E-state index contributed by atoms with van der Waals surface area (Å²) in [6.45, 7) is 2.04. The third-order valence-electron chi connectivity index (χ3n) is 3.45. The molecule has 1 amide bonds. The first-order chi connectivity index (χ1) is 10.7. The molecule has 1 aromatic carbocycles. The third-order valence-corrected chi connectivity index (χ3v) is 3.45. The number of hydroxylamine groups is 1. The Bertz CT molecular complexity index is 593. The number of rotatable bonds is 8. The average molecular weight is 303 g/mol. The zero-order valence-corrected chi connectivity index (χ0v) is 12.7. The molecule has 0 radical (unpaired) electrons. The van der Waals surface area contributed by atoms with Crippen LogP contribution in [0.3, 0.4) is 0 Å². The Hall–Kier alpha value is -2.21. The van der Waals surface area contributed by atoms with Crippen molar-refractivity contribution in [2.45, 2.75) is 45.4 Å². The van der Waals surface area contributed by atoms with Gasteiger partial charge in [0, 0.05) is 18.4 Å². The number of nitrogens with zero attached hydrogens (tertiary/aromatic N) is 2. The topological polar surface area (TPSA) is 88.2 Å². The Balaban J connectivity index is 1.71. The zero-order chi connectivity index (χ0) is 15.8. The molecule has 0 saturated carbocycles. The third kappa shape index (κ3) is 4.96. The highest BCUT2D eigenvalue weighted by Crippen LogP contribution is 2.17. The van der Waals surface area contributed by atoms with Crippen molar-refractivity contribution < 1.29 is 14.5 Å². The van der Waals surface area contributed by atoms with Crippen molar-refractivity contribution in [1.29, 1.82) is 0 Å². The van der Waals surface area contributed by atoms with Crippen LogP contribution >= 0.6 is 0 Å². The van der Waals surface area contributed by atoms with E-state index in [0.717, 1.165) is 37.7 Å². The molecule has 1 heterocycles. The predicted molar refractivity (Wildman–Crippen MR) is 81.2 cm³/mol. The molecule has 22 heavy (non-hydrogen) atoms. The molecule has 0 fully saturated rings. The molecule has 2 rings (SSSR count). The largest absolute Gasteiger partial charge is 0.339 e. The number of aryl methyl sites for hydroxylation is 2. The molecule has 0 aliphatic carbocycles. The van der Waals surface area contributed by atoms with E-state index in [2.05, 4.69) is 10.1 Å². The van der Waals surface area contributed by atoms with Gasteiger partial charge in [0.15, 0.2) is 0 Å². The van der Waals surface area contributed by atoms with Crippen LogP contribution in [0, 0.1) is 6.92 Å². The van der Waals surface area contributed by atoms with Gasteiger partial charge in [0.05, 0.1) is 0 Å². The molecule has 1 aromatic heterocycles. The minimum absolute atomic E-state index is 0.334. The first-order valence-corrected chi connectivity index (χ1v) is 7.51. The van der Waals surface area contributed by atoms with Crippen LogP contribution in [0.2, 0.25) is 0 Å². The molecule has 0 aliphatic rings. The number of nitrogens with one attached hydrogen (secondary N) is 1. The number of hydrogen-bond acceptors (Lipinski definition) is 5. The number of hydrogen-bond donors (Lipinski definition) is 2. The lowest BCUT2D eigenvalue weighted by atomic mass is 10.1. The summed E-state index contributed by atoms with van der Waals surface area (Å²) in [5.41, 5.74) is 3.78. The minimum atomic E-state index is -0.334. The maximum Gasteiger partial charge on any atom is 0.243 e. The molecule has 6 nitrogen and oxygen atoms in total. The van der Waals surface area contributed by atoms with Gasteiger partial charge in [0.2, 0.25) is 17.6 Å². The van der Waals surface area contributed by atoms with Crippen LogP contribution in [-0.4, -0.2) is 21.3 Å². The highest BCUT2D eigenvalue weighted by atomic mass is 16.5. The van der Waals surface area contributed by atoms with Crippen LogP contribution in [0.15, 0.2) is 28.8 Å². The molecular weight excluding hydrogens is 282 g/mol. The van der Waals surface area contributed by atoms with E-state index in [1.54, 1.807) is 5.48 Å². The van der Waals surface area contributed by atoms with E-state index in [1.165, 1.54) is 5.56 Å². The minimum Gasteiger partial charge on any atom is -0.339 e. The van der Waals surface area contributed by atoms with Crippen molar-refractivity contribution in [2.24, 2.45) is 0 Å². The fourth-order valence-electron chi connectivity index (χ4n) is 2.15. The van der Waals surface area contributed by atoms with Gasteiger partial charge in [-0.15, -0.1) is 0 Å². The van der Waals surface area contributed by atoms with Gasteiger partial charge in [-0.25, -0.2) is 5.48 Å². The van der Waals surface area contributed by atoms with Crippen LogP contribution in [0.4, 0.5) is 0 Å². The highest BCUT2D eigenvalue weighted by molar-refractivity contribution is 5.74. The van der Waals surface area contributed by atoms with E-state index >= 15 is 0 Å². The van der Waals surface area contributed by atoms with E-state index < -0.39 is 0 Å². The first kappa shape index (κ1) is 16.2. The molecule has 2 aromatic rings. The second-order valence-corrected chi connectivity index (χ2v) is 5.33. The number of benzene rings is 1. The summed E-state index contributed by atoms with van der Waals surface area (Å²) in [4.78, 5) is 15.2. The lowest BCUT2D eigenvalue weighted by Gasteiger charge is -1.99. The van der Waals surface area contributed by atoms with Crippen LogP contribution in [0.1, 0.15) is 43.6 Å². The molecule has 0 bridgehead atoms. The van der Waals surface area contributed by atoms with Crippen molar-refractivity contribution >= 4 is 5.91 Å². The monoisotopic (exact) mass is 303 g/mol. The maximum atomic E-state index is 10.8. The lowest BCUT2D eigenvalue weighted by molar-refractivity contribution is -0.129. The van der Waals surface area contributed by atoms with Crippen LogP contribution in [0.5, 0.6) is 0 Å². The normalized spacial score (nSPS) is 10.6. The zero-order valence-electron chi connectivity index (χ0n) is 12.7. The lowest BCUT2D eigenvalue weighted by Crippen LogP contribution is -2.17. The van der Waals surface area contributed by atoms with Gasteiger partial charge >= 0.3 is 0 Å². The molecule has 0 atom stereocenters. The molecule has 2 N–H and O–H groups in total. The van der Waals surface area contributed by atoms with Gasteiger partial charge < -0.3 is 4.52 Å². The summed E-state index contributed by atoms with van der Waals surface area (Å²) in [6, 6.07) is 8.01. The van der Waals surface area contributed by atoms with Crippen molar-refractivity contribution in [3.8, 4) is 11.4 Å². The Morgan fingerprint density at radius 3 is 2.64 bits per heavy atom. The second-order valence-electron chi connectivity index (χ2n) is 5.33. The van der Waals surface area contributed by atoms with Gasteiger partial charge in [0.1, 0.15) is 0 Å². The summed E-state index contributed by atoms with van der Waals surface area (Å²) in [5, 5.41) is 12.4. The van der Waals surface area contributed by atoms with Gasteiger partial charge in [-0.2, -0.15) is 4.98 Å². The maximum absolute atomic E-state index is 10.8. The Morgan fingerprint density at radius 2 is 1.91 bits per heavy atom. The highest BCUT2D eigenvalue weighted by Gasteiger charge is 2.08. The Labute approximate surface area is 129 Å². The summed E-state index contributed by atoms with van der Waals surface area (Å²) in [6.07, 6.45) is 4.73. The number of unbranched alkanes of at least 4 members (excludes halogenated alkanes) is 3. The molecule has 0 unspecified atom stereocenters. The number of carbonyl (C=O) groups excluding carboxylic acids is 1. The summed E-state index contributed by atoms with van der Waals surface area (Å²) < 4.78 is 5.25. The van der Waals surface area contributed by atoms with Gasteiger partial charge in [-0.1, -0.05) is 47.8 Å². The molecule has 0 spiro atoms. The van der Waals surface area contributed by atoms with E-state index in [1.807, 2.05) is 31.2 Å². The summed E-state index contributed by atoms with van der Waals surface area (Å²) >= 11 is 0. The average Bonchev–Trinajstić information content (AvgIpc) is 3.00. The number of amides is 1. The summed E-state index contributed by atoms with van der Waals surface area (Å²) in [5.74, 6) is 0.929. The molecular formula is C16H21N3O3. The standard InChI is InChI=1S/C16H21N3O3/c1-12-8-10-13(11-9-12)16-17-15(22-19-16)7-5-3-2-4-6-14(20)18-21/h8-11,21H,2-7H2,1H3,(H,18,20). The first-order valence-electron chi connectivity index (χ1n) is 7.51. The van der Waals surface area contributed by atoms with Gasteiger partial charge in [-0.05, 0) is 19.8 Å². The summed E-state index contributed by atoms with van der Waals surface area (Å²) in [7, 11) is 0. The number of aromatic nitrogens is 2. The van der Waals surface area contributed by atoms with E-state index in [9.17, 15) is 4.79 Å². The van der Waals surface area contributed by atoms with Crippen molar-refractivity contribution in [3.63, 3.8) is 0 Å². The fourth-order valence-corrected chi connectivity index (χ4v) is 2.15. The van der Waals surface area contributed by atoms with Crippen LogP contribution < -0.4 is 5.48 Å². The van der Waals surface area contributed by atoms with Gasteiger partial charge in [-0.3, -0.25) is 10.0 Å². The number of carbonyl (C=O) groups is 1. The van der Waals surface area contributed by atoms with Crippen molar-refractivity contribution in [3.05, 3.63) is 35.7 Å². The fraction of sp³-hybridized carbons (Fsp3) is 0.438. The molecule has 0 aliphatic heterocycles. The molecule has 0 saturated heterocycles. The molecule has 118 valence electrons. The Morgan fingerprint density at radius 1 is 1.18 bits per heavy atom. The van der Waals surface area contributed by atoms with E-state index in [0.29, 0.717) is 18.1 Å². The quantitative estimate of drug-likeness (QED) is 0.444. The second kappa shape index (κ2) is 8.29.